The van der Waals surface area contributed by atoms with Crippen LogP contribution in [0.5, 0.6) is 0 Å². The summed E-state index contributed by atoms with van der Waals surface area (Å²) >= 11 is 1.47. The van der Waals surface area contributed by atoms with E-state index in [1.54, 1.807) is 6.20 Å². The molecule has 140 valence electrons. The van der Waals surface area contributed by atoms with Crippen LogP contribution in [-0.2, 0) is 21.4 Å². The van der Waals surface area contributed by atoms with Crippen LogP contribution in [0, 0.1) is 12.8 Å². The third-order valence-corrected chi connectivity index (χ3v) is 7.28. The van der Waals surface area contributed by atoms with Crippen molar-refractivity contribution in [2.75, 3.05) is 13.1 Å². The number of carbonyl (C=O) groups is 1. The highest BCUT2D eigenvalue weighted by atomic mass is 32.2. The van der Waals surface area contributed by atoms with Crippen LogP contribution in [0.2, 0.25) is 0 Å². The molecule has 1 aliphatic rings. The van der Waals surface area contributed by atoms with Gasteiger partial charge in [0.15, 0.2) is 0 Å². The monoisotopic (exact) mass is 394 g/mol. The molecule has 0 bridgehead atoms. The van der Waals surface area contributed by atoms with Crippen molar-refractivity contribution in [1.82, 2.24) is 9.29 Å². The lowest BCUT2D eigenvalue weighted by Crippen LogP contribution is -2.37. The number of hydrogen-bond acceptors (Lipinski definition) is 6. The van der Waals surface area contributed by atoms with Gasteiger partial charge in [-0.3, -0.25) is 0 Å². The lowest BCUT2D eigenvalue weighted by Gasteiger charge is -2.29. The smallest absolute Gasteiger partial charge is 0.338 e. The van der Waals surface area contributed by atoms with E-state index in [4.69, 9.17) is 4.74 Å². The Morgan fingerprint density at radius 1 is 1.27 bits per heavy atom. The summed E-state index contributed by atoms with van der Waals surface area (Å²) in [6, 6.07) is 5.95. The third-order valence-electron chi connectivity index (χ3n) is 4.49. The number of esters is 1. The Morgan fingerprint density at radius 2 is 1.92 bits per heavy atom. The number of thiazole rings is 1. The molecule has 6 nitrogen and oxygen atoms in total. The fourth-order valence-electron chi connectivity index (χ4n) is 2.83. The number of ether oxygens (including phenoxy) is 1. The van der Waals surface area contributed by atoms with Crippen molar-refractivity contribution < 1.29 is 17.9 Å². The van der Waals surface area contributed by atoms with Crippen molar-refractivity contribution in [3.8, 4) is 0 Å². The summed E-state index contributed by atoms with van der Waals surface area (Å²) in [6.07, 6.45) is 3.43. The zero-order valence-electron chi connectivity index (χ0n) is 14.8. The van der Waals surface area contributed by atoms with Crippen LogP contribution >= 0.6 is 11.3 Å². The van der Waals surface area contributed by atoms with Crippen molar-refractivity contribution in [3.63, 3.8) is 0 Å². The molecule has 0 spiro atoms. The SMILES string of the molecule is Cc1ncc(COC(=O)c2ccc(S(=O)(=O)N3CCC(C)CC3)cc2)s1. The van der Waals surface area contributed by atoms with Crippen molar-refractivity contribution in [2.24, 2.45) is 5.92 Å². The van der Waals surface area contributed by atoms with E-state index in [-0.39, 0.29) is 11.5 Å². The molecule has 1 aromatic heterocycles. The van der Waals surface area contributed by atoms with Crippen molar-refractivity contribution in [3.05, 3.63) is 45.9 Å². The van der Waals surface area contributed by atoms with E-state index < -0.39 is 16.0 Å². The largest absolute Gasteiger partial charge is 0.456 e. The molecule has 8 heteroatoms. The van der Waals surface area contributed by atoms with E-state index >= 15 is 0 Å². The first kappa shape index (κ1) is 19.0. The van der Waals surface area contributed by atoms with Crippen LogP contribution in [0.4, 0.5) is 0 Å². The van der Waals surface area contributed by atoms with Crippen LogP contribution in [0.15, 0.2) is 35.4 Å². The summed E-state index contributed by atoms with van der Waals surface area (Å²) in [5.74, 6) is 0.0766. The normalized spacial score (nSPS) is 16.5. The standard InChI is InChI=1S/C18H22N2O4S2/c1-13-7-9-20(10-8-13)26(22,23)17-5-3-15(4-6-17)18(21)24-12-16-11-19-14(2)25-16/h3-6,11,13H,7-10,12H2,1-2H3. The Bertz CT molecular complexity index is 867. The molecule has 0 N–H and O–H groups in total. The van der Waals surface area contributed by atoms with Crippen LogP contribution in [0.1, 0.15) is 40.0 Å². The van der Waals surface area contributed by atoms with Gasteiger partial charge in [0.25, 0.3) is 0 Å². The van der Waals surface area contributed by atoms with Crippen molar-refractivity contribution in [2.45, 2.75) is 38.2 Å². The molecule has 1 aliphatic heterocycles. The fraction of sp³-hybridized carbons (Fsp3) is 0.444. The lowest BCUT2D eigenvalue weighted by molar-refractivity contribution is 0.0476. The first-order valence-electron chi connectivity index (χ1n) is 8.55. The Hall–Kier alpha value is -1.77. The molecule has 26 heavy (non-hydrogen) atoms. The lowest BCUT2D eigenvalue weighted by atomic mass is 10.0. The minimum Gasteiger partial charge on any atom is -0.456 e. The van der Waals surface area contributed by atoms with Gasteiger partial charge in [-0.2, -0.15) is 4.31 Å². The Labute approximate surface area is 157 Å². The average Bonchev–Trinajstić information content (AvgIpc) is 3.05. The summed E-state index contributed by atoms with van der Waals surface area (Å²) in [5.41, 5.74) is 0.331. The number of aryl methyl sites for hydroxylation is 1. The molecule has 2 heterocycles. The minimum absolute atomic E-state index is 0.163. The van der Waals surface area contributed by atoms with E-state index in [0.717, 1.165) is 22.7 Å². The summed E-state index contributed by atoms with van der Waals surface area (Å²) in [6.45, 7) is 5.27. The second-order valence-electron chi connectivity index (χ2n) is 6.53. The molecule has 1 fully saturated rings. The molecular weight excluding hydrogens is 372 g/mol. The Morgan fingerprint density at radius 3 is 2.50 bits per heavy atom. The molecule has 0 amide bonds. The second-order valence-corrected chi connectivity index (χ2v) is 9.79. The van der Waals surface area contributed by atoms with Gasteiger partial charge >= 0.3 is 5.97 Å². The number of piperidine rings is 1. The first-order valence-corrected chi connectivity index (χ1v) is 10.8. The Kier molecular flexibility index (Phi) is 5.74. The van der Waals surface area contributed by atoms with E-state index in [1.165, 1.54) is 39.9 Å². The summed E-state index contributed by atoms with van der Waals surface area (Å²) in [7, 11) is -3.51. The molecule has 0 radical (unpaired) electrons. The minimum atomic E-state index is -3.51. The van der Waals surface area contributed by atoms with Gasteiger partial charge in [-0.05, 0) is 49.9 Å². The van der Waals surface area contributed by atoms with Crippen LogP contribution < -0.4 is 0 Å². The highest BCUT2D eigenvalue weighted by Crippen LogP contribution is 2.24. The molecule has 2 aromatic rings. The number of hydrogen-bond donors (Lipinski definition) is 0. The maximum Gasteiger partial charge on any atom is 0.338 e. The van der Waals surface area contributed by atoms with Crippen molar-refractivity contribution >= 4 is 27.3 Å². The van der Waals surface area contributed by atoms with E-state index in [1.807, 2.05) is 6.92 Å². The van der Waals surface area contributed by atoms with Gasteiger partial charge in [-0.25, -0.2) is 18.2 Å². The average molecular weight is 395 g/mol. The quantitative estimate of drug-likeness (QED) is 0.728. The van der Waals surface area contributed by atoms with Gasteiger partial charge in [0, 0.05) is 19.3 Å². The number of aromatic nitrogens is 1. The predicted octanol–water partition coefficient (Wildman–Crippen LogP) is 3.23. The third kappa shape index (κ3) is 4.31. The maximum atomic E-state index is 12.7. The molecule has 0 saturated carbocycles. The van der Waals surface area contributed by atoms with Gasteiger partial charge in [-0.15, -0.1) is 11.3 Å². The highest BCUT2D eigenvalue weighted by Gasteiger charge is 2.28. The fourth-order valence-corrected chi connectivity index (χ4v) is 5.01. The van der Waals surface area contributed by atoms with Gasteiger partial charge < -0.3 is 4.74 Å². The second kappa shape index (κ2) is 7.85. The topological polar surface area (TPSA) is 76.6 Å². The number of nitrogens with zero attached hydrogens (tertiary/aromatic N) is 2. The zero-order chi connectivity index (χ0) is 18.7. The molecule has 1 saturated heterocycles. The van der Waals surface area contributed by atoms with Gasteiger partial charge in [-0.1, -0.05) is 6.92 Å². The number of rotatable bonds is 5. The first-order chi connectivity index (χ1) is 12.4. The van der Waals surface area contributed by atoms with Gasteiger partial charge in [0.1, 0.15) is 6.61 Å². The van der Waals surface area contributed by atoms with Crippen LogP contribution in [-0.4, -0.2) is 36.8 Å². The maximum absolute atomic E-state index is 12.7. The van der Waals surface area contributed by atoms with Crippen molar-refractivity contribution in [1.29, 1.82) is 0 Å². The van der Waals surface area contributed by atoms with E-state index in [0.29, 0.717) is 24.6 Å². The number of carbonyl (C=O) groups excluding carboxylic acids is 1. The molecule has 1 aromatic carbocycles. The molecular formula is C18H22N2O4S2. The van der Waals surface area contributed by atoms with E-state index in [2.05, 4.69) is 11.9 Å². The zero-order valence-corrected chi connectivity index (χ0v) is 16.5. The Balaban J connectivity index is 1.64. The summed E-state index contributed by atoms with van der Waals surface area (Å²) in [5, 5.41) is 0.915. The molecule has 3 rings (SSSR count). The molecule has 0 atom stereocenters. The molecule has 0 aliphatic carbocycles. The highest BCUT2D eigenvalue weighted by molar-refractivity contribution is 7.89. The summed E-state index contributed by atoms with van der Waals surface area (Å²) < 4.78 is 32.2. The number of sulfonamides is 1. The van der Waals surface area contributed by atoms with Gasteiger partial charge in [0.2, 0.25) is 10.0 Å². The van der Waals surface area contributed by atoms with E-state index in [9.17, 15) is 13.2 Å². The van der Waals surface area contributed by atoms with Crippen LogP contribution in [0.25, 0.3) is 0 Å². The molecule has 0 unspecified atom stereocenters. The number of benzene rings is 1. The van der Waals surface area contributed by atoms with Crippen LogP contribution in [0.3, 0.4) is 0 Å². The summed E-state index contributed by atoms with van der Waals surface area (Å²) in [4.78, 5) is 17.3. The van der Waals surface area contributed by atoms with Gasteiger partial charge in [0.05, 0.1) is 20.3 Å². The predicted molar refractivity (Wildman–Crippen MR) is 99.6 cm³/mol.